The van der Waals surface area contributed by atoms with Gasteiger partial charge in [0.2, 0.25) is 0 Å². The van der Waals surface area contributed by atoms with Crippen LogP contribution in [0.4, 0.5) is 10.1 Å². The maximum Gasteiger partial charge on any atom is 0.157 e. The molecule has 6 aromatic rings. The lowest BCUT2D eigenvalue weighted by Gasteiger charge is -2.16. The molecule has 5 aromatic heterocycles. The summed E-state index contributed by atoms with van der Waals surface area (Å²) in [4.78, 5) is 21.3. The number of aromatic nitrogens is 7. The Labute approximate surface area is 223 Å². The van der Waals surface area contributed by atoms with Crippen LogP contribution < -0.4 is 5.32 Å². The lowest BCUT2D eigenvalue weighted by molar-refractivity contribution is 0.636. The first-order chi connectivity index (χ1) is 19.1. The molecule has 39 heavy (non-hydrogen) atoms. The molecule has 0 bridgehead atoms. The molecular formula is C30H25FN8. The fraction of sp³-hybridized carbons (Fsp3) is 0.167. The molecule has 0 spiro atoms. The Morgan fingerprint density at radius 1 is 0.949 bits per heavy atom. The first-order valence-corrected chi connectivity index (χ1v) is 13.0. The smallest absolute Gasteiger partial charge is 0.157 e. The first kappa shape index (κ1) is 23.2. The van der Waals surface area contributed by atoms with Crippen LogP contribution in [0.3, 0.4) is 0 Å². The van der Waals surface area contributed by atoms with E-state index < -0.39 is 5.82 Å². The van der Waals surface area contributed by atoms with Gasteiger partial charge in [-0.1, -0.05) is 19.4 Å². The van der Waals surface area contributed by atoms with E-state index in [9.17, 15) is 0 Å². The van der Waals surface area contributed by atoms with Gasteiger partial charge in [0.05, 0.1) is 23.1 Å². The highest BCUT2D eigenvalue weighted by Gasteiger charge is 2.20. The molecule has 0 saturated heterocycles. The number of rotatable bonds is 6. The number of H-pyrrole nitrogens is 2. The summed E-state index contributed by atoms with van der Waals surface area (Å²) in [7, 11) is 0. The van der Waals surface area contributed by atoms with Gasteiger partial charge in [-0.15, -0.1) is 0 Å². The number of anilines is 1. The first-order valence-electron chi connectivity index (χ1n) is 13.0. The number of pyridine rings is 3. The van der Waals surface area contributed by atoms with Crippen LogP contribution in [0.15, 0.2) is 79.7 Å². The number of allylic oxidation sites excluding steroid dienone is 1. The molecule has 0 atom stereocenters. The van der Waals surface area contributed by atoms with Gasteiger partial charge in [0.15, 0.2) is 11.6 Å². The van der Waals surface area contributed by atoms with Gasteiger partial charge in [-0.25, -0.2) is 9.37 Å². The van der Waals surface area contributed by atoms with Crippen LogP contribution in [0.25, 0.3) is 55.8 Å². The van der Waals surface area contributed by atoms with Gasteiger partial charge in [-0.05, 0) is 60.7 Å². The van der Waals surface area contributed by atoms with Gasteiger partial charge < -0.3 is 10.3 Å². The number of benzene rings is 1. The van der Waals surface area contributed by atoms with Gasteiger partial charge in [0.1, 0.15) is 16.7 Å². The topological polar surface area (TPSA) is 108 Å². The zero-order valence-electron chi connectivity index (χ0n) is 21.1. The number of hydrogen-bond donors (Lipinski definition) is 3. The maximum atomic E-state index is 15.3. The minimum Gasteiger partial charge on any atom is -0.358 e. The third kappa shape index (κ3) is 4.21. The largest absolute Gasteiger partial charge is 0.358 e. The molecule has 9 heteroatoms. The second-order valence-electron chi connectivity index (χ2n) is 9.93. The molecule has 1 saturated carbocycles. The molecule has 1 aliphatic carbocycles. The van der Waals surface area contributed by atoms with Crippen molar-refractivity contribution in [2.45, 2.75) is 25.7 Å². The number of aromatic amines is 2. The SMILES string of the molecule is C=C(Nc1cncc(-c2cc(F)c3n[nH]c(-c4nc5c(-c6cccnc6)nccc5[nH]4)c3c2)c1)C1CCCC1. The van der Waals surface area contributed by atoms with Crippen LogP contribution in [-0.4, -0.2) is 35.1 Å². The fourth-order valence-corrected chi connectivity index (χ4v) is 5.42. The summed E-state index contributed by atoms with van der Waals surface area (Å²) >= 11 is 0. The van der Waals surface area contributed by atoms with E-state index in [4.69, 9.17) is 4.98 Å². The number of imidazole rings is 1. The predicted octanol–water partition coefficient (Wildman–Crippen LogP) is 6.88. The number of nitrogens with one attached hydrogen (secondary N) is 3. The van der Waals surface area contributed by atoms with E-state index >= 15 is 4.39 Å². The molecular weight excluding hydrogens is 491 g/mol. The van der Waals surface area contributed by atoms with E-state index in [0.29, 0.717) is 39.6 Å². The standard InChI is InChI=1S/C30H25FN8/c1-17(18-5-2-3-6-18)35-22-11-21(15-33-16-22)20-12-23-27(24(31)13-20)38-39-28(23)30-36-25-8-10-34-26(29(25)37-30)19-7-4-9-32-14-19/h4,7-16,18,35H,1-3,5-6H2,(H,36,37)(H,38,39). The van der Waals surface area contributed by atoms with Gasteiger partial charge in [0, 0.05) is 47.0 Å². The van der Waals surface area contributed by atoms with Gasteiger partial charge >= 0.3 is 0 Å². The Morgan fingerprint density at radius 2 is 1.82 bits per heavy atom. The Hall–Kier alpha value is -4.92. The lowest BCUT2D eigenvalue weighted by Crippen LogP contribution is -2.07. The minimum absolute atomic E-state index is 0.247. The van der Waals surface area contributed by atoms with Crippen LogP contribution in [-0.2, 0) is 0 Å². The second-order valence-corrected chi connectivity index (χ2v) is 9.93. The normalized spacial score (nSPS) is 13.9. The predicted molar refractivity (Wildman–Crippen MR) is 150 cm³/mol. The lowest BCUT2D eigenvalue weighted by atomic mass is 10.0. The summed E-state index contributed by atoms with van der Waals surface area (Å²) in [5.74, 6) is 0.602. The van der Waals surface area contributed by atoms with Gasteiger partial charge in [0.25, 0.3) is 0 Å². The molecule has 192 valence electrons. The average Bonchev–Trinajstić information content (AvgIpc) is 3.73. The van der Waals surface area contributed by atoms with Crippen molar-refractivity contribution in [2.24, 2.45) is 5.92 Å². The molecule has 1 aromatic carbocycles. The van der Waals surface area contributed by atoms with Crippen molar-refractivity contribution in [3.63, 3.8) is 0 Å². The minimum atomic E-state index is -0.424. The van der Waals surface area contributed by atoms with Crippen LogP contribution >= 0.6 is 0 Å². The van der Waals surface area contributed by atoms with Crippen molar-refractivity contribution < 1.29 is 4.39 Å². The van der Waals surface area contributed by atoms with Crippen molar-refractivity contribution >= 4 is 27.6 Å². The molecule has 3 N–H and O–H groups in total. The molecule has 1 aliphatic rings. The van der Waals surface area contributed by atoms with Gasteiger partial charge in [-0.3, -0.25) is 20.1 Å². The van der Waals surface area contributed by atoms with E-state index in [1.165, 1.54) is 18.9 Å². The van der Waals surface area contributed by atoms with Crippen LogP contribution in [0.5, 0.6) is 0 Å². The summed E-state index contributed by atoms with van der Waals surface area (Å²) < 4.78 is 15.3. The molecule has 7 rings (SSSR count). The molecule has 8 nitrogen and oxygen atoms in total. The molecule has 0 radical (unpaired) electrons. The van der Waals surface area contributed by atoms with Crippen molar-refractivity contribution in [1.29, 1.82) is 0 Å². The monoisotopic (exact) mass is 516 g/mol. The van der Waals surface area contributed by atoms with E-state index in [0.717, 1.165) is 40.9 Å². The van der Waals surface area contributed by atoms with E-state index in [1.807, 2.05) is 30.3 Å². The molecule has 1 fully saturated rings. The van der Waals surface area contributed by atoms with E-state index in [1.54, 1.807) is 31.0 Å². The summed E-state index contributed by atoms with van der Waals surface area (Å²) in [5, 5.41) is 11.3. The number of fused-ring (bicyclic) bond motifs is 2. The van der Waals surface area contributed by atoms with Crippen molar-refractivity contribution in [1.82, 2.24) is 35.1 Å². The summed E-state index contributed by atoms with van der Waals surface area (Å²) in [6, 6.07) is 11.0. The number of nitrogens with zero attached hydrogens (tertiary/aromatic N) is 5. The Bertz CT molecular complexity index is 1830. The summed E-state index contributed by atoms with van der Waals surface area (Å²) in [5.41, 5.74) is 7.26. The Kier molecular flexibility index (Phi) is 5.61. The van der Waals surface area contributed by atoms with E-state index in [2.05, 4.69) is 42.0 Å². The van der Waals surface area contributed by atoms with Crippen LogP contribution in [0.2, 0.25) is 0 Å². The fourth-order valence-electron chi connectivity index (χ4n) is 5.42. The third-order valence-electron chi connectivity index (χ3n) is 7.41. The zero-order valence-corrected chi connectivity index (χ0v) is 21.1. The van der Waals surface area contributed by atoms with E-state index in [-0.39, 0.29) is 5.52 Å². The van der Waals surface area contributed by atoms with Crippen LogP contribution in [0, 0.1) is 11.7 Å². The molecule has 5 heterocycles. The Balaban J connectivity index is 1.27. The van der Waals surface area contributed by atoms with Crippen LogP contribution in [0.1, 0.15) is 25.7 Å². The molecule has 0 unspecified atom stereocenters. The highest BCUT2D eigenvalue weighted by atomic mass is 19.1. The second kappa shape index (κ2) is 9.43. The summed E-state index contributed by atoms with van der Waals surface area (Å²) in [6.45, 7) is 4.24. The number of halogens is 1. The van der Waals surface area contributed by atoms with Crippen molar-refractivity contribution in [3.8, 4) is 33.9 Å². The third-order valence-corrected chi connectivity index (χ3v) is 7.41. The Morgan fingerprint density at radius 3 is 2.67 bits per heavy atom. The zero-order chi connectivity index (χ0) is 26.3. The van der Waals surface area contributed by atoms with Gasteiger partial charge in [-0.2, -0.15) is 5.10 Å². The quantitative estimate of drug-likeness (QED) is 0.223. The number of hydrogen-bond acceptors (Lipinski definition) is 6. The average molecular weight is 517 g/mol. The summed E-state index contributed by atoms with van der Waals surface area (Å²) in [6.07, 6.45) is 13.5. The molecule has 0 aliphatic heterocycles. The molecule has 0 amide bonds. The van der Waals surface area contributed by atoms with Crippen molar-refractivity contribution in [3.05, 3.63) is 85.5 Å². The van der Waals surface area contributed by atoms with Crippen molar-refractivity contribution in [2.75, 3.05) is 5.32 Å². The highest BCUT2D eigenvalue weighted by Crippen LogP contribution is 2.35. The maximum absolute atomic E-state index is 15.3. The highest BCUT2D eigenvalue weighted by molar-refractivity contribution is 5.97.